The van der Waals surface area contributed by atoms with Crippen LogP contribution < -0.4 is 0 Å². The molecule has 0 radical (unpaired) electrons. The zero-order chi connectivity index (χ0) is 11.6. The minimum atomic E-state index is -0.827. The molecule has 84 valence electrons. The molecule has 4 unspecified atom stereocenters. The van der Waals surface area contributed by atoms with Crippen molar-refractivity contribution in [2.75, 3.05) is 0 Å². The molecule has 6 nitrogen and oxygen atoms in total. The molecule has 0 aromatic carbocycles. The third kappa shape index (κ3) is 0.874. The average molecular weight is 224 g/mol. The van der Waals surface area contributed by atoms with Gasteiger partial charge in [0.05, 0.1) is 23.7 Å². The average Bonchev–Trinajstić information content (AvgIpc) is 2.40. The van der Waals surface area contributed by atoms with E-state index in [4.69, 9.17) is 0 Å². The number of rotatable bonds is 0. The number of cyclic esters (lactones) is 4. The Morgan fingerprint density at radius 3 is 1.38 bits per heavy atom. The number of carbonyl (C=O) groups excluding carboxylic acids is 4. The van der Waals surface area contributed by atoms with Gasteiger partial charge in [-0.25, -0.2) is 0 Å². The largest absolute Gasteiger partial charge is 0.393 e. The summed E-state index contributed by atoms with van der Waals surface area (Å²) in [6, 6.07) is 0. The topological polar surface area (TPSA) is 86.7 Å². The maximum atomic E-state index is 11.5. The summed E-state index contributed by atoms with van der Waals surface area (Å²) < 4.78 is 9.08. The van der Waals surface area contributed by atoms with Crippen molar-refractivity contribution in [1.82, 2.24) is 0 Å². The molecular weight excluding hydrogens is 216 g/mol. The first-order chi connectivity index (χ1) is 7.52. The van der Waals surface area contributed by atoms with Crippen molar-refractivity contribution in [2.45, 2.75) is 6.92 Å². The van der Waals surface area contributed by atoms with E-state index in [2.05, 4.69) is 9.47 Å². The molecule has 3 aliphatic rings. The van der Waals surface area contributed by atoms with Crippen molar-refractivity contribution in [3.05, 3.63) is 0 Å². The molecule has 0 spiro atoms. The van der Waals surface area contributed by atoms with Crippen LogP contribution in [-0.4, -0.2) is 23.9 Å². The number of esters is 4. The molecule has 2 heterocycles. The van der Waals surface area contributed by atoms with E-state index in [1.54, 1.807) is 6.92 Å². The molecule has 2 saturated heterocycles. The van der Waals surface area contributed by atoms with Gasteiger partial charge in [0.2, 0.25) is 0 Å². The third-order valence-corrected chi connectivity index (χ3v) is 3.78. The lowest BCUT2D eigenvalue weighted by atomic mass is 9.83. The van der Waals surface area contributed by atoms with Crippen LogP contribution in [0.3, 0.4) is 0 Å². The normalized spacial score (nSPS) is 45.4. The fourth-order valence-electron chi connectivity index (χ4n) is 3.10. The lowest BCUT2D eigenvalue weighted by Gasteiger charge is -2.29. The Bertz CT molecular complexity index is 399. The van der Waals surface area contributed by atoms with Crippen LogP contribution in [0.25, 0.3) is 0 Å². The van der Waals surface area contributed by atoms with Crippen LogP contribution in [-0.2, 0) is 28.7 Å². The van der Waals surface area contributed by atoms with Crippen molar-refractivity contribution in [3.63, 3.8) is 0 Å². The molecule has 2 aliphatic heterocycles. The molecule has 3 rings (SSSR count). The first-order valence-corrected chi connectivity index (χ1v) is 5.03. The second-order valence-electron chi connectivity index (χ2n) is 4.44. The van der Waals surface area contributed by atoms with Crippen LogP contribution >= 0.6 is 0 Å². The monoisotopic (exact) mass is 224 g/mol. The van der Waals surface area contributed by atoms with Gasteiger partial charge in [-0.1, -0.05) is 6.92 Å². The highest BCUT2D eigenvalue weighted by Gasteiger charge is 2.68. The second-order valence-corrected chi connectivity index (χ2v) is 4.44. The zero-order valence-corrected chi connectivity index (χ0v) is 8.34. The predicted molar refractivity (Wildman–Crippen MR) is 45.3 cm³/mol. The molecule has 4 atom stereocenters. The van der Waals surface area contributed by atoms with Gasteiger partial charge in [-0.3, -0.25) is 19.2 Å². The van der Waals surface area contributed by atoms with E-state index in [-0.39, 0.29) is 5.92 Å². The van der Waals surface area contributed by atoms with E-state index in [0.717, 1.165) is 0 Å². The first-order valence-electron chi connectivity index (χ1n) is 5.03. The molecule has 3 fully saturated rings. The SMILES string of the molecule is CC1C2C(=O)OC(=O)C3C1C(=O)OC(=O)C23. The van der Waals surface area contributed by atoms with Gasteiger partial charge in [-0.15, -0.1) is 0 Å². The number of carbonyl (C=O) groups is 4. The molecule has 0 aromatic heterocycles. The summed E-state index contributed by atoms with van der Waals surface area (Å²) in [5, 5.41) is 0. The van der Waals surface area contributed by atoms with Gasteiger partial charge in [-0.2, -0.15) is 0 Å². The molecule has 1 aliphatic carbocycles. The molecule has 0 aromatic rings. The van der Waals surface area contributed by atoms with Gasteiger partial charge in [0.15, 0.2) is 0 Å². The van der Waals surface area contributed by atoms with Gasteiger partial charge < -0.3 is 9.47 Å². The maximum absolute atomic E-state index is 11.5. The van der Waals surface area contributed by atoms with Gasteiger partial charge >= 0.3 is 23.9 Å². The van der Waals surface area contributed by atoms with Crippen LogP contribution in [0.5, 0.6) is 0 Å². The van der Waals surface area contributed by atoms with Gasteiger partial charge in [-0.05, 0) is 5.92 Å². The highest BCUT2D eigenvalue weighted by molar-refractivity contribution is 6.06. The Morgan fingerprint density at radius 2 is 1.00 bits per heavy atom. The molecule has 4 bridgehead atoms. The van der Waals surface area contributed by atoms with Gasteiger partial charge in [0.25, 0.3) is 0 Å². The van der Waals surface area contributed by atoms with Crippen LogP contribution in [0.4, 0.5) is 0 Å². The maximum Gasteiger partial charge on any atom is 0.318 e. The van der Waals surface area contributed by atoms with Crippen LogP contribution in [0.2, 0.25) is 0 Å². The minimum Gasteiger partial charge on any atom is -0.393 e. The Hall–Kier alpha value is -1.72. The standard InChI is InChI=1S/C10H8O6/c1-2-3-5-6(10(14)15-7(3)11)4(2)8(12)16-9(5)13/h2-6H,1H3. The highest BCUT2D eigenvalue weighted by Crippen LogP contribution is 2.53. The fraction of sp³-hybridized carbons (Fsp3) is 0.600. The molecule has 6 heteroatoms. The summed E-state index contributed by atoms with van der Waals surface area (Å²) >= 11 is 0. The highest BCUT2D eigenvalue weighted by atomic mass is 16.6. The van der Waals surface area contributed by atoms with Crippen molar-refractivity contribution >= 4 is 23.9 Å². The Kier molecular flexibility index (Phi) is 1.60. The minimum absolute atomic E-state index is 0.382. The van der Waals surface area contributed by atoms with E-state index in [1.165, 1.54) is 0 Å². The summed E-state index contributed by atoms with van der Waals surface area (Å²) in [6.45, 7) is 1.67. The number of hydrogen-bond donors (Lipinski definition) is 0. The van der Waals surface area contributed by atoms with E-state index in [9.17, 15) is 19.2 Å². The molecular formula is C10H8O6. The van der Waals surface area contributed by atoms with Crippen LogP contribution in [0.15, 0.2) is 0 Å². The second kappa shape index (κ2) is 2.69. The lowest BCUT2D eigenvalue weighted by Crippen LogP contribution is -2.47. The van der Waals surface area contributed by atoms with E-state index < -0.39 is 47.5 Å². The van der Waals surface area contributed by atoms with Gasteiger partial charge in [0, 0.05) is 0 Å². The summed E-state index contributed by atoms with van der Waals surface area (Å²) in [6.07, 6.45) is 0. The fourth-order valence-corrected chi connectivity index (χ4v) is 3.10. The summed E-state index contributed by atoms with van der Waals surface area (Å²) in [5.74, 6) is -6.44. The van der Waals surface area contributed by atoms with Crippen molar-refractivity contribution < 1.29 is 28.7 Å². The zero-order valence-electron chi connectivity index (χ0n) is 8.34. The van der Waals surface area contributed by atoms with Crippen LogP contribution in [0.1, 0.15) is 6.92 Å². The van der Waals surface area contributed by atoms with Crippen molar-refractivity contribution in [1.29, 1.82) is 0 Å². The van der Waals surface area contributed by atoms with Gasteiger partial charge in [0.1, 0.15) is 0 Å². The van der Waals surface area contributed by atoms with E-state index >= 15 is 0 Å². The summed E-state index contributed by atoms with van der Waals surface area (Å²) in [7, 11) is 0. The molecule has 16 heavy (non-hydrogen) atoms. The molecule has 1 saturated carbocycles. The Labute approximate surface area is 89.9 Å². The Balaban J connectivity index is 2.17. The Morgan fingerprint density at radius 1 is 0.688 bits per heavy atom. The number of ether oxygens (including phenoxy) is 2. The quantitative estimate of drug-likeness (QED) is 0.398. The molecule has 0 N–H and O–H groups in total. The molecule has 0 amide bonds. The van der Waals surface area contributed by atoms with Crippen molar-refractivity contribution in [3.8, 4) is 0 Å². The first kappa shape index (κ1) is 9.50. The summed E-state index contributed by atoms with van der Waals surface area (Å²) in [5.41, 5.74) is 0. The third-order valence-electron chi connectivity index (χ3n) is 3.78. The van der Waals surface area contributed by atoms with E-state index in [1.807, 2.05) is 0 Å². The van der Waals surface area contributed by atoms with Crippen molar-refractivity contribution in [2.24, 2.45) is 29.6 Å². The smallest absolute Gasteiger partial charge is 0.318 e. The van der Waals surface area contributed by atoms with E-state index in [0.29, 0.717) is 0 Å². The predicted octanol–water partition coefficient (Wildman–Crippen LogP) is -0.732. The lowest BCUT2D eigenvalue weighted by molar-refractivity contribution is -0.189. The van der Waals surface area contributed by atoms with Crippen LogP contribution in [0, 0.1) is 29.6 Å². The number of hydrogen-bond acceptors (Lipinski definition) is 6. The summed E-state index contributed by atoms with van der Waals surface area (Å²) in [4.78, 5) is 46.0.